The van der Waals surface area contributed by atoms with Gasteiger partial charge in [-0.25, -0.2) is 4.79 Å². The SMILES string of the molecule is COC(=O)c1ccc(Cl)c(NC(=O)c2cncc(Br)c2)c1. The Bertz CT molecular complexity index is 706. The van der Waals surface area contributed by atoms with E-state index in [2.05, 4.69) is 31.0 Å². The van der Waals surface area contributed by atoms with Crippen molar-refractivity contribution in [2.24, 2.45) is 0 Å². The Morgan fingerprint density at radius 2 is 2.00 bits per heavy atom. The van der Waals surface area contributed by atoms with Crippen molar-refractivity contribution in [2.75, 3.05) is 12.4 Å². The van der Waals surface area contributed by atoms with E-state index in [4.69, 9.17) is 11.6 Å². The van der Waals surface area contributed by atoms with Crippen LogP contribution in [0.25, 0.3) is 0 Å². The Hall–Kier alpha value is -1.92. The fourth-order valence-electron chi connectivity index (χ4n) is 1.60. The molecule has 0 saturated heterocycles. The molecule has 0 aliphatic heterocycles. The number of carbonyl (C=O) groups excluding carboxylic acids is 2. The quantitative estimate of drug-likeness (QED) is 0.840. The van der Waals surface area contributed by atoms with Crippen molar-refractivity contribution in [1.82, 2.24) is 4.98 Å². The normalized spacial score (nSPS) is 10.0. The summed E-state index contributed by atoms with van der Waals surface area (Å²) in [6, 6.07) is 6.12. The highest BCUT2D eigenvalue weighted by Gasteiger charge is 2.13. The molecule has 1 aromatic heterocycles. The van der Waals surface area contributed by atoms with Crippen LogP contribution in [0.15, 0.2) is 41.1 Å². The lowest BCUT2D eigenvalue weighted by Gasteiger charge is -2.09. The number of carbonyl (C=O) groups is 2. The number of nitrogens with zero attached hydrogens (tertiary/aromatic N) is 1. The first-order chi connectivity index (χ1) is 10.0. The summed E-state index contributed by atoms with van der Waals surface area (Å²) in [5.74, 6) is -0.890. The minimum atomic E-state index is -0.508. The number of aromatic nitrogens is 1. The van der Waals surface area contributed by atoms with Gasteiger partial charge in [-0.1, -0.05) is 11.6 Å². The Morgan fingerprint density at radius 1 is 1.24 bits per heavy atom. The maximum atomic E-state index is 12.1. The average Bonchev–Trinajstić information content (AvgIpc) is 2.48. The van der Waals surface area contributed by atoms with E-state index in [-0.39, 0.29) is 5.91 Å². The zero-order valence-corrected chi connectivity index (χ0v) is 13.2. The standard InChI is InChI=1S/C14H10BrClN2O3/c1-21-14(20)8-2-3-11(16)12(5-8)18-13(19)9-4-10(15)7-17-6-9/h2-7H,1H3,(H,18,19). The first-order valence-corrected chi connectivity index (χ1v) is 6.98. The number of nitrogens with one attached hydrogen (secondary N) is 1. The molecule has 1 amide bonds. The van der Waals surface area contributed by atoms with Gasteiger partial charge in [0.2, 0.25) is 0 Å². The molecule has 0 bridgehead atoms. The molecule has 0 spiro atoms. The highest BCUT2D eigenvalue weighted by atomic mass is 79.9. The van der Waals surface area contributed by atoms with Crippen LogP contribution in [0.3, 0.4) is 0 Å². The van der Waals surface area contributed by atoms with Crippen LogP contribution in [0.2, 0.25) is 5.02 Å². The van der Waals surface area contributed by atoms with Gasteiger partial charge in [-0.2, -0.15) is 0 Å². The van der Waals surface area contributed by atoms with E-state index in [1.165, 1.54) is 31.5 Å². The molecule has 2 rings (SSSR count). The van der Waals surface area contributed by atoms with Crippen LogP contribution in [-0.2, 0) is 4.74 Å². The second-order valence-corrected chi connectivity index (χ2v) is 5.36. The molecule has 2 aromatic rings. The monoisotopic (exact) mass is 368 g/mol. The Morgan fingerprint density at radius 3 is 2.67 bits per heavy atom. The molecular weight excluding hydrogens is 360 g/mol. The molecule has 5 nitrogen and oxygen atoms in total. The van der Waals surface area contributed by atoms with Gasteiger partial charge >= 0.3 is 5.97 Å². The van der Waals surface area contributed by atoms with Crippen molar-refractivity contribution in [2.45, 2.75) is 0 Å². The topological polar surface area (TPSA) is 68.3 Å². The summed E-state index contributed by atoms with van der Waals surface area (Å²) in [4.78, 5) is 27.5. The van der Waals surface area contributed by atoms with Crippen LogP contribution in [0, 0.1) is 0 Å². The van der Waals surface area contributed by atoms with E-state index in [1.807, 2.05) is 0 Å². The second-order valence-electron chi connectivity index (χ2n) is 4.03. The van der Waals surface area contributed by atoms with E-state index in [0.29, 0.717) is 26.3 Å². The number of hydrogen-bond acceptors (Lipinski definition) is 4. The smallest absolute Gasteiger partial charge is 0.337 e. The summed E-state index contributed by atoms with van der Waals surface area (Å²) in [7, 11) is 1.28. The average molecular weight is 370 g/mol. The molecule has 0 aliphatic carbocycles. The number of ether oxygens (including phenoxy) is 1. The predicted molar refractivity (Wildman–Crippen MR) is 82.7 cm³/mol. The largest absolute Gasteiger partial charge is 0.465 e. The third-order valence-electron chi connectivity index (χ3n) is 2.60. The minimum absolute atomic E-state index is 0.296. The summed E-state index contributed by atoms with van der Waals surface area (Å²) in [5, 5.41) is 2.95. The minimum Gasteiger partial charge on any atom is -0.465 e. The summed E-state index contributed by atoms with van der Waals surface area (Å²) in [5.41, 5.74) is 0.984. The fourth-order valence-corrected chi connectivity index (χ4v) is 2.13. The highest BCUT2D eigenvalue weighted by Crippen LogP contribution is 2.24. The van der Waals surface area contributed by atoms with Crippen LogP contribution in [-0.4, -0.2) is 24.0 Å². The maximum Gasteiger partial charge on any atom is 0.337 e. The zero-order valence-electron chi connectivity index (χ0n) is 10.9. The van der Waals surface area contributed by atoms with E-state index in [1.54, 1.807) is 12.3 Å². The number of halogens is 2. The molecule has 0 unspecified atom stereocenters. The molecule has 0 atom stereocenters. The van der Waals surface area contributed by atoms with Gasteiger partial charge in [0.25, 0.3) is 5.91 Å². The number of hydrogen-bond donors (Lipinski definition) is 1. The number of pyridine rings is 1. The van der Waals surface area contributed by atoms with Crippen molar-refractivity contribution < 1.29 is 14.3 Å². The Balaban J connectivity index is 2.26. The van der Waals surface area contributed by atoms with Crippen molar-refractivity contribution in [3.63, 3.8) is 0 Å². The van der Waals surface area contributed by atoms with E-state index >= 15 is 0 Å². The van der Waals surface area contributed by atoms with Gasteiger partial charge in [-0.05, 0) is 40.2 Å². The summed E-state index contributed by atoms with van der Waals surface area (Å²) in [6.07, 6.45) is 3.00. The van der Waals surface area contributed by atoms with Crippen LogP contribution in [0.5, 0.6) is 0 Å². The third-order valence-corrected chi connectivity index (χ3v) is 3.37. The van der Waals surface area contributed by atoms with Crippen molar-refractivity contribution in [1.29, 1.82) is 0 Å². The lowest BCUT2D eigenvalue weighted by Crippen LogP contribution is -2.13. The van der Waals surface area contributed by atoms with Gasteiger partial charge in [0.05, 0.1) is 28.9 Å². The van der Waals surface area contributed by atoms with E-state index in [0.717, 1.165) is 0 Å². The first-order valence-electron chi connectivity index (χ1n) is 5.81. The lowest BCUT2D eigenvalue weighted by molar-refractivity contribution is 0.0600. The molecule has 1 heterocycles. The highest BCUT2D eigenvalue weighted by molar-refractivity contribution is 9.10. The molecule has 1 aromatic carbocycles. The van der Waals surface area contributed by atoms with E-state index < -0.39 is 5.97 Å². The molecule has 7 heteroatoms. The van der Waals surface area contributed by atoms with Gasteiger partial charge in [0.15, 0.2) is 0 Å². The number of anilines is 1. The number of esters is 1. The maximum absolute atomic E-state index is 12.1. The van der Waals surface area contributed by atoms with Gasteiger partial charge in [0, 0.05) is 16.9 Å². The first kappa shape index (κ1) is 15.5. The lowest BCUT2D eigenvalue weighted by atomic mass is 10.2. The predicted octanol–water partition coefficient (Wildman–Crippen LogP) is 3.54. The molecule has 1 N–H and O–H groups in total. The molecular formula is C14H10BrClN2O3. The van der Waals surface area contributed by atoms with Crippen molar-refractivity contribution in [3.05, 3.63) is 57.3 Å². The second kappa shape index (κ2) is 6.69. The van der Waals surface area contributed by atoms with Gasteiger partial charge < -0.3 is 10.1 Å². The summed E-state index contributed by atoms with van der Waals surface area (Å²) < 4.78 is 5.31. The number of rotatable bonds is 3. The van der Waals surface area contributed by atoms with Crippen LogP contribution >= 0.6 is 27.5 Å². The Labute approximate surface area is 134 Å². The Kier molecular flexibility index (Phi) is 4.93. The molecule has 0 fully saturated rings. The molecule has 0 radical (unpaired) electrons. The number of amides is 1. The number of benzene rings is 1. The molecule has 0 aliphatic rings. The van der Waals surface area contributed by atoms with Crippen LogP contribution < -0.4 is 5.32 Å². The van der Waals surface area contributed by atoms with Gasteiger partial charge in [0.1, 0.15) is 0 Å². The van der Waals surface area contributed by atoms with Gasteiger partial charge in [-0.3, -0.25) is 9.78 Å². The van der Waals surface area contributed by atoms with Crippen molar-refractivity contribution in [3.8, 4) is 0 Å². The molecule has 21 heavy (non-hydrogen) atoms. The molecule has 108 valence electrons. The van der Waals surface area contributed by atoms with Crippen LogP contribution in [0.1, 0.15) is 20.7 Å². The third kappa shape index (κ3) is 3.80. The van der Waals surface area contributed by atoms with Crippen LogP contribution in [0.4, 0.5) is 5.69 Å². The zero-order chi connectivity index (χ0) is 15.4. The fraction of sp³-hybridized carbons (Fsp3) is 0.0714. The summed E-state index contributed by atoms with van der Waals surface area (Å²) >= 11 is 9.26. The molecule has 0 saturated carbocycles. The van der Waals surface area contributed by atoms with Gasteiger partial charge in [-0.15, -0.1) is 0 Å². The van der Waals surface area contributed by atoms with E-state index in [9.17, 15) is 9.59 Å². The summed E-state index contributed by atoms with van der Waals surface area (Å²) in [6.45, 7) is 0. The number of methoxy groups -OCH3 is 1. The van der Waals surface area contributed by atoms with Crippen molar-refractivity contribution >= 4 is 45.1 Å².